The van der Waals surface area contributed by atoms with Crippen LogP contribution in [0, 0.1) is 11.8 Å². The zero-order valence-electron chi connectivity index (χ0n) is 8.14. The summed E-state index contributed by atoms with van der Waals surface area (Å²) in [5.41, 5.74) is 1.45. The molecule has 0 aromatic carbocycles. The lowest BCUT2D eigenvalue weighted by atomic mass is 10.1. The Labute approximate surface area is 78.3 Å². The van der Waals surface area contributed by atoms with Gasteiger partial charge in [-0.1, -0.05) is 0 Å². The summed E-state index contributed by atoms with van der Waals surface area (Å²) < 4.78 is 1.91. The Balaban J connectivity index is 1.78. The van der Waals surface area contributed by atoms with Crippen molar-refractivity contribution >= 4 is 0 Å². The Hall–Kier alpha value is -0.830. The van der Waals surface area contributed by atoms with E-state index in [1.807, 2.05) is 17.9 Å². The molecule has 2 heterocycles. The molecule has 1 saturated carbocycles. The third kappa shape index (κ3) is 1.03. The van der Waals surface area contributed by atoms with Crippen LogP contribution in [0.25, 0.3) is 0 Å². The number of hydrogen-bond donors (Lipinski definition) is 0. The van der Waals surface area contributed by atoms with Gasteiger partial charge < -0.3 is 4.90 Å². The van der Waals surface area contributed by atoms with Crippen molar-refractivity contribution in [3.63, 3.8) is 0 Å². The van der Waals surface area contributed by atoms with Gasteiger partial charge in [0.05, 0.1) is 6.20 Å². The van der Waals surface area contributed by atoms with E-state index in [0.717, 1.165) is 17.8 Å². The molecule has 1 aromatic rings. The van der Waals surface area contributed by atoms with Crippen molar-refractivity contribution in [3.8, 4) is 0 Å². The molecule has 0 bridgehead atoms. The number of likely N-dealkylation sites (tertiary alicyclic amines) is 1. The molecule has 0 radical (unpaired) electrons. The first-order chi connectivity index (χ1) is 6.25. The molecule has 13 heavy (non-hydrogen) atoms. The molecule has 3 nitrogen and oxygen atoms in total. The van der Waals surface area contributed by atoms with Gasteiger partial charge in [0.2, 0.25) is 0 Å². The minimum atomic E-state index is 0.824. The van der Waals surface area contributed by atoms with Crippen molar-refractivity contribution in [3.05, 3.63) is 18.0 Å². The molecule has 0 N–H and O–H groups in total. The Bertz CT molecular complexity index is 319. The van der Waals surface area contributed by atoms with Crippen LogP contribution in [0.5, 0.6) is 0 Å². The molecule has 0 amide bonds. The van der Waals surface area contributed by atoms with Crippen molar-refractivity contribution in [1.29, 1.82) is 0 Å². The second-order valence-electron chi connectivity index (χ2n) is 4.52. The third-order valence-electron chi connectivity index (χ3n) is 3.49. The van der Waals surface area contributed by atoms with Crippen molar-refractivity contribution in [2.45, 2.75) is 5.92 Å². The van der Waals surface area contributed by atoms with E-state index in [1.54, 1.807) is 0 Å². The van der Waals surface area contributed by atoms with Gasteiger partial charge in [-0.15, -0.1) is 0 Å². The first-order valence-electron chi connectivity index (χ1n) is 4.93. The molecule has 70 valence electrons. The predicted molar refractivity (Wildman–Crippen MR) is 50.4 cm³/mol. The number of rotatable bonds is 1. The fourth-order valence-corrected chi connectivity index (χ4v) is 2.84. The van der Waals surface area contributed by atoms with Crippen LogP contribution in [-0.2, 0) is 7.05 Å². The Morgan fingerprint density at radius 3 is 2.54 bits per heavy atom. The zero-order chi connectivity index (χ0) is 9.00. The molecular weight excluding hydrogens is 162 g/mol. The largest absolute Gasteiger partial charge is 0.306 e. The molecule has 1 saturated heterocycles. The van der Waals surface area contributed by atoms with Gasteiger partial charge in [0, 0.05) is 26.3 Å². The smallest absolute Gasteiger partial charge is 0.0524 e. The fourth-order valence-electron chi connectivity index (χ4n) is 2.84. The zero-order valence-corrected chi connectivity index (χ0v) is 8.14. The average Bonchev–Trinajstić information content (AvgIpc) is 2.50. The summed E-state index contributed by atoms with van der Waals surface area (Å²) in [6, 6.07) is 0. The van der Waals surface area contributed by atoms with E-state index in [0.29, 0.717) is 0 Å². The van der Waals surface area contributed by atoms with Crippen LogP contribution in [0.4, 0.5) is 0 Å². The highest BCUT2D eigenvalue weighted by molar-refractivity contribution is 5.26. The summed E-state index contributed by atoms with van der Waals surface area (Å²) in [5.74, 6) is 2.67. The number of nitrogens with zero attached hydrogens (tertiary/aromatic N) is 3. The van der Waals surface area contributed by atoms with E-state index in [2.05, 4.69) is 23.2 Å². The Kier molecular flexibility index (Phi) is 1.37. The predicted octanol–water partition coefficient (Wildman–Crippen LogP) is 0.695. The topological polar surface area (TPSA) is 21.1 Å². The highest BCUT2D eigenvalue weighted by atomic mass is 15.2. The van der Waals surface area contributed by atoms with Gasteiger partial charge >= 0.3 is 0 Å². The van der Waals surface area contributed by atoms with Crippen molar-refractivity contribution in [2.24, 2.45) is 18.9 Å². The second kappa shape index (κ2) is 2.35. The summed E-state index contributed by atoms with van der Waals surface area (Å²) in [6.45, 7) is 2.56. The minimum absolute atomic E-state index is 0.824. The summed E-state index contributed by atoms with van der Waals surface area (Å²) in [6.07, 6.45) is 4.20. The van der Waals surface area contributed by atoms with Crippen LogP contribution in [0.3, 0.4) is 0 Å². The fraction of sp³-hybridized carbons (Fsp3) is 0.700. The minimum Gasteiger partial charge on any atom is -0.306 e. The summed E-state index contributed by atoms with van der Waals surface area (Å²) in [5, 5.41) is 4.23. The summed E-state index contributed by atoms with van der Waals surface area (Å²) >= 11 is 0. The first kappa shape index (κ1) is 7.56. The van der Waals surface area contributed by atoms with Crippen LogP contribution in [0.15, 0.2) is 12.4 Å². The molecule has 2 fully saturated rings. The van der Waals surface area contributed by atoms with Crippen LogP contribution < -0.4 is 0 Å². The number of piperidine rings is 1. The highest BCUT2D eigenvalue weighted by Gasteiger charge is 2.55. The molecule has 1 aromatic heterocycles. The number of hydrogen-bond acceptors (Lipinski definition) is 2. The van der Waals surface area contributed by atoms with Crippen LogP contribution in [0.2, 0.25) is 0 Å². The normalized spacial score (nSPS) is 37.8. The maximum Gasteiger partial charge on any atom is 0.0524 e. The van der Waals surface area contributed by atoms with E-state index in [-0.39, 0.29) is 0 Å². The quantitative estimate of drug-likeness (QED) is 0.629. The van der Waals surface area contributed by atoms with Crippen LogP contribution in [0.1, 0.15) is 11.5 Å². The van der Waals surface area contributed by atoms with E-state index < -0.39 is 0 Å². The highest BCUT2D eigenvalue weighted by Crippen LogP contribution is 2.57. The van der Waals surface area contributed by atoms with Crippen LogP contribution in [-0.4, -0.2) is 34.8 Å². The maximum atomic E-state index is 4.23. The molecule has 1 aliphatic carbocycles. The van der Waals surface area contributed by atoms with Gasteiger partial charge in [-0.2, -0.15) is 5.10 Å². The van der Waals surface area contributed by atoms with Gasteiger partial charge in [-0.25, -0.2) is 0 Å². The van der Waals surface area contributed by atoms with E-state index in [1.165, 1.54) is 18.7 Å². The van der Waals surface area contributed by atoms with Crippen molar-refractivity contribution in [2.75, 3.05) is 20.1 Å². The standard InChI is InChI=1S/C10H15N3/c1-12-5-8-9(6-12)10(8)7-3-11-13(2)4-7/h3-4,8-10H,5-6H2,1-2H3. The molecule has 2 unspecified atom stereocenters. The monoisotopic (exact) mass is 177 g/mol. The van der Waals surface area contributed by atoms with Gasteiger partial charge in [-0.3, -0.25) is 4.68 Å². The van der Waals surface area contributed by atoms with Gasteiger partial charge in [0.25, 0.3) is 0 Å². The van der Waals surface area contributed by atoms with E-state index >= 15 is 0 Å². The summed E-state index contributed by atoms with van der Waals surface area (Å²) in [7, 11) is 4.21. The lowest BCUT2D eigenvalue weighted by molar-refractivity contribution is 0.362. The molecule has 2 atom stereocenters. The maximum absolute atomic E-state index is 4.23. The van der Waals surface area contributed by atoms with Gasteiger partial charge in [0.1, 0.15) is 0 Å². The van der Waals surface area contributed by atoms with Gasteiger partial charge in [0.15, 0.2) is 0 Å². The first-order valence-corrected chi connectivity index (χ1v) is 4.93. The molecule has 3 rings (SSSR count). The molecule has 1 aliphatic heterocycles. The lowest BCUT2D eigenvalue weighted by Gasteiger charge is -2.11. The average molecular weight is 177 g/mol. The molecule has 3 heteroatoms. The van der Waals surface area contributed by atoms with Crippen molar-refractivity contribution in [1.82, 2.24) is 14.7 Å². The SMILES string of the molecule is CN1CC2C(C1)C2c1cnn(C)c1. The second-order valence-corrected chi connectivity index (χ2v) is 4.52. The Morgan fingerprint density at radius 1 is 1.31 bits per heavy atom. The number of aryl methyl sites for hydroxylation is 1. The molecule has 0 spiro atoms. The van der Waals surface area contributed by atoms with Gasteiger partial charge in [-0.05, 0) is 30.4 Å². The summed E-state index contributed by atoms with van der Waals surface area (Å²) in [4.78, 5) is 2.43. The number of aromatic nitrogens is 2. The molecule has 2 aliphatic rings. The lowest BCUT2D eigenvalue weighted by Crippen LogP contribution is -2.18. The van der Waals surface area contributed by atoms with E-state index in [4.69, 9.17) is 0 Å². The number of fused-ring (bicyclic) bond motifs is 1. The van der Waals surface area contributed by atoms with Crippen molar-refractivity contribution < 1.29 is 0 Å². The molecular formula is C10H15N3. The van der Waals surface area contributed by atoms with Crippen LogP contribution >= 0.6 is 0 Å². The van der Waals surface area contributed by atoms with E-state index in [9.17, 15) is 0 Å². The third-order valence-corrected chi connectivity index (χ3v) is 3.49. The Morgan fingerprint density at radius 2 is 2.00 bits per heavy atom.